The quantitative estimate of drug-likeness (QED) is 0.0265. The molecule has 0 aromatic rings. The molecule has 0 spiro atoms. The molecule has 1 aliphatic heterocycles. The van der Waals surface area contributed by atoms with Crippen LogP contribution in [0.25, 0.3) is 0 Å². The van der Waals surface area contributed by atoms with Gasteiger partial charge in [0.1, 0.15) is 6.61 Å². The first-order valence-electron chi connectivity index (χ1n) is 22.8. The number of allylic oxidation sites excluding steroid dienone is 12. The molecule has 0 aliphatic carbocycles. The fourth-order valence-corrected chi connectivity index (χ4v) is 9.31. The van der Waals surface area contributed by atoms with Crippen LogP contribution in [0.1, 0.15) is 187 Å². The second kappa shape index (κ2) is 42.6. The molecule has 2 atom stereocenters. The highest BCUT2D eigenvalue weighted by Crippen LogP contribution is 2.39. The third-order valence-electron chi connectivity index (χ3n) is 9.67. The van der Waals surface area contributed by atoms with E-state index in [1.54, 1.807) is 0 Å². The van der Waals surface area contributed by atoms with Gasteiger partial charge in [-0.3, -0.25) is 9.59 Å². The first-order chi connectivity index (χ1) is 27.7. The van der Waals surface area contributed by atoms with E-state index in [9.17, 15) is 9.59 Å². The van der Waals surface area contributed by atoms with E-state index in [1.165, 1.54) is 89.2 Å². The molecule has 1 aliphatic rings. The maximum absolute atomic E-state index is 12.7. The van der Waals surface area contributed by atoms with Crippen LogP contribution in [0, 0.1) is 0 Å². The van der Waals surface area contributed by atoms with E-state index in [4.69, 9.17) is 14.2 Å². The molecule has 0 saturated carbocycles. The van der Waals surface area contributed by atoms with Gasteiger partial charge in [-0.2, -0.15) is 0 Å². The number of carbonyl (C=O) groups is 2. The van der Waals surface area contributed by atoms with Crippen LogP contribution in [0.5, 0.6) is 0 Å². The van der Waals surface area contributed by atoms with Gasteiger partial charge in [-0.05, 0) is 70.6 Å². The molecule has 0 N–H and O–H groups in total. The number of esters is 2. The standard InChI is InChI=1S/C49H82O5S2/c1-3-5-7-9-11-13-15-17-19-20-21-22-23-24-26-28-30-32-34-40-49(51)54-46(45-53-48(50)39-36-35-38-47-41-43-55-56-47)44-52-42-37-33-31-29-27-25-18-16-14-12-10-8-6-4-2/h5,7,11,13,17,19,21-22,24,26,30,32,46-47H,3-4,6,8-10,12,14-16,18,20,23,25,27-29,31,33-45H2,1-2H3/t46?,47-/m1/s1. The lowest BCUT2D eigenvalue weighted by atomic mass is 10.0. The van der Waals surface area contributed by atoms with E-state index in [0.717, 1.165) is 75.9 Å². The summed E-state index contributed by atoms with van der Waals surface area (Å²) in [6.07, 6.45) is 55.5. The Hall–Kier alpha value is -1.96. The van der Waals surface area contributed by atoms with Crippen LogP contribution in [-0.2, 0) is 23.8 Å². The minimum atomic E-state index is -0.574. The topological polar surface area (TPSA) is 61.8 Å². The highest BCUT2D eigenvalue weighted by Gasteiger charge is 2.18. The maximum atomic E-state index is 12.7. The fraction of sp³-hybridized carbons (Fsp3) is 0.714. The summed E-state index contributed by atoms with van der Waals surface area (Å²) in [6, 6.07) is 0. The first kappa shape index (κ1) is 52.1. The number of unbranched alkanes of at least 4 members (excludes halogenated alkanes) is 14. The molecule has 1 heterocycles. The summed E-state index contributed by atoms with van der Waals surface area (Å²) in [6.45, 7) is 5.38. The van der Waals surface area contributed by atoms with Crippen molar-refractivity contribution in [3.8, 4) is 0 Å². The van der Waals surface area contributed by atoms with Crippen molar-refractivity contribution in [3.63, 3.8) is 0 Å². The summed E-state index contributed by atoms with van der Waals surface area (Å²) in [7, 11) is 3.94. The van der Waals surface area contributed by atoms with Crippen molar-refractivity contribution in [2.24, 2.45) is 0 Å². The Kier molecular flexibility index (Phi) is 39.6. The van der Waals surface area contributed by atoms with Gasteiger partial charge in [-0.25, -0.2) is 0 Å². The van der Waals surface area contributed by atoms with Gasteiger partial charge in [0.25, 0.3) is 0 Å². The average Bonchev–Trinajstić information content (AvgIpc) is 3.73. The first-order valence-corrected chi connectivity index (χ1v) is 25.1. The van der Waals surface area contributed by atoms with Crippen molar-refractivity contribution in [2.45, 2.75) is 199 Å². The van der Waals surface area contributed by atoms with Gasteiger partial charge in [0.2, 0.25) is 0 Å². The minimum absolute atomic E-state index is 0.0539. The van der Waals surface area contributed by atoms with Gasteiger partial charge in [-0.15, -0.1) is 0 Å². The Morgan fingerprint density at radius 1 is 0.571 bits per heavy atom. The van der Waals surface area contributed by atoms with Crippen LogP contribution in [0.2, 0.25) is 0 Å². The number of ether oxygens (including phenoxy) is 3. The Labute approximate surface area is 352 Å². The van der Waals surface area contributed by atoms with Gasteiger partial charge in [0.05, 0.1) is 6.61 Å². The van der Waals surface area contributed by atoms with Crippen LogP contribution in [0.4, 0.5) is 0 Å². The lowest BCUT2D eigenvalue weighted by molar-refractivity contribution is -0.162. The monoisotopic (exact) mass is 815 g/mol. The Morgan fingerprint density at radius 2 is 1.09 bits per heavy atom. The summed E-state index contributed by atoms with van der Waals surface area (Å²) < 4.78 is 17.2. The summed E-state index contributed by atoms with van der Waals surface area (Å²) in [5.41, 5.74) is 0. The second-order valence-corrected chi connectivity index (χ2v) is 17.8. The zero-order valence-corrected chi connectivity index (χ0v) is 37.5. The minimum Gasteiger partial charge on any atom is -0.462 e. The lowest BCUT2D eigenvalue weighted by Crippen LogP contribution is -2.30. The fourth-order valence-electron chi connectivity index (χ4n) is 6.28. The van der Waals surface area contributed by atoms with Gasteiger partial charge in [0.15, 0.2) is 6.10 Å². The molecular formula is C49H82O5S2. The number of rotatable bonds is 39. The number of carbonyl (C=O) groups excluding carboxylic acids is 2. The van der Waals surface area contributed by atoms with Crippen LogP contribution in [0.3, 0.4) is 0 Å². The lowest BCUT2D eigenvalue weighted by Gasteiger charge is -2.18. The van der Waals surface area contributed by atoms with Crippen molar-refractivity contribution in [1.29, 1.82) is 0 Å². The van der Waals surface area contributed by atoms with Gasteiger partial charge in [-0.1, -0.05) is 198 Å². The van der Waals surface area contributed by atoms with Gasteiger partial charge >= 0.3 is 11.9 Å². The van der Waals surface area contributed by atoms with E-state index >= 15 is 0 Å². The summed E-state index contributed by atoms with van der Waals surface area (Å²) >= 11 is 0. The van der Waals surface area contributed by atoms with Crippen LogP contribution < -0.4 is 0 Å². The molecule has 1 fully saturated rings. The van der Waals surface area contributed by atoms with Crippen molar-refractivity contribution < 1.29 is 23.8 Å². The molecule has 320 valence electrons. The highest BCUT2D eigenvalue weighted by atomic mass is 33.1. The normalized spacial score (nSPS) is 15.6. The molecule has 1 unspecified atom stereocenters. The molecule has 5 nitrogen and oxygen atoms in total. The molecule has 7 heteroatoms. The highest BCUT2D eigenvalue weighted by molar-refractivity contribution is 8.77. The van der Waals surface area contributed by atoms with Gasteiger partial charge in [0, 0.05) is 30.5 Å². The smallest absolute Gasteiger partial charge is 0.306 e. The summed E-state index contributed by atoms with van der Waals surface area (Å²) in [4.78, 5) is 25.2. The molecule has 0 bridgehead atoms. The van der Waals surface area contributed by atoms with E-state index in [1.807, 2.05) is 27.7 Å². The molecule has 0 aromatic heterocycles. The largest absolute Gasteiger partial charge is 0.462 e. The molecule has 0 aromatic carbocycles. The molecule has 1 rings (SSSR count). The third kappa shape index (κ3) is 37.6. The Bertz CT molecular complexity index is 1070. The van der Waals surface area contributed by atoms with Crippen LogP contribution >= 0.6 is 21.6 Å². The predicted molar refractivity (Wildman–Crippen MR) is 246 cm³/mol. The Morgan fingerprint density at radius 3 is 1.61 bits per heavy atom. The zero-order chi connectivity index (χ0) is 40.3. The average molecular weight is 815 g/mol. The number of hydrogen-bond acceptors (Lipinski definition) is 7. The maximum Gasteiger partial charge on any atom is 0.306 e. The van der Waals surface area contributed by atoms with Crippen molar-refractivity contribution in [3.05, 3.63) is 72.9 Å². The van der Waals surface area contributed by atoms with Crippen molar-refractivity contribution in [1.82, 2.24) is 0 Å². The van der Waals surface area contributed by atoms with Crippen LogP contribution in [-0.4, -0.2) is 48.9 Å². The van der Waals surface area contributed by atoms with E-state index in [-0.39, 0.29) is 25.2 Å². The van der Waals surface area contributed by atoms with Crippen molar-refractivity contribution >= 4 is 33.5 Å². The molecular weight excluding hydrogens is 733 g/mol. The van der Waals surface area contributed by atoms with E-state index < -0.39 is 6.10 Å². The summed E-state index contributed by atoms with van der Waals surface area (Å²) in [5.74, 6) is 0.738. The number of hydrogen-bond donors (Lipinski definition) is 0. The molecule has 56 heavy (non-hydrogen) atoms. The molecule has 0 radical (unpaired) electrons. The van der Waals surface area contributed by atoms with E-state index in [0.29, 0.717) is 25.9 Å². The zero-order valence-electron chi connectivity index (χ0n) is 35.9. The SMILES string of the molecule is CCC=CCC=CCC=CCC=CCC=CCC=CCCC(=O)OC(COCCCCCCCCCCCCCCCC)COC(=O)CCCC[C@@H]1CCSS1. The summed E-state index contributed by atoms with van der Waals surface area (Å²) in [5, 5.41) is 0.726. The second-order valence-electron chi connectivity index (χ2n) is 15.0. The third-order valence-corrected chi connectivity index (χ3v) is 12.7. The molecule has 1 saturated heterocycles. The molecule has 0 amide bonds. The Balaban J connectivity index is 2.25. The van der Waals surface area contributed by atoms with Gasteiger partial charge < -0.3 is 14.2 Å². The predicted octanol–water partition coefficient (Wildman–Crippen LogP) is 15.1. The van der Waals surface area contributed by atoms with E-state index in [2.05, 4.69) is 80.7 Å². The van der Waals surface area contributed by atoms with Crippen molar-refractivity contribution in [2.75, 3.05) is 25.6 Å². The van der Waals surface area contributed by atoms with Crippen LogP contribution in [0.15, 0.2) is 72.9 Å².